The summed E-state index contributed by atoms with van der Waals surface area (Å²) in [7, 11) is 0. The standard InChI is InChI=1S/C11H13ClFN/c1-11(5-6-14-7-11)10-8(12)3-2-4-9(10)13/h2-4,14H,5-7H2,1H3. The van der Waals surface area contributed by atoms with Gasteiger partial charge in [0.1, 0.15) is 5.82 Å². The van der Waals surface area contributed by atoms with E-state index < -0.39 is 0 Å². The number of halogens is 2. The molecule has 1 unspecified atom stereocenters. The van der Waals surface area contributed by atoms with Gasteiger partial charge in [-0.1, -0.05) is 24.6 Å². The smallest absolute Gasteiger partial charge is 0.128 e. The summed E-state index contributed by atoms with van der Waals surface area (Å²) >= 11 is 6.03. The molecule has 0 amide bonds. The third-order valence-electron chi connectivity index (χ3n) is 2.94. The Morgan fingerprint density at radius 2 is 2.29 bits per heavy atom. The summed E-state index contributed by atoms with van der Waals surface area (Å²) in [6, 6.07) is 4.88. The Bertz CT molecular complexity index is 325. The average Bonchev–Trinajstić information content (AvgIpc) is 2.52. The van der Waals surface area contributed by atoms with Crippen molar-refractivity contribution in [2.24, 2.45) is 0 Å². The van der Waals surface area contributed by atoms with Gasteiger partial charge in [-0.25, -0.2) is 4.39 Å². The van der Waals surface area contributed by atoms with Crippen molar-refractivity contribution in [3.8, 4) is 0 Å². The van der Waals surface area contributed by atoms with E-state index in [2.05, 4.69) is 12.2 Å². The van der Waals surface area contributed by atoms with Gasteiger partial charge >= 0.3 is 0 Å². The van der Waals surface area contributed by atoms with Crippen molar-refractivity contribution >= 4 is 11.6 Å². The minimum absolute atomic E-state index is 0.150. The molecule has 0 radical (unpaired) electrons. The fraction of sp³-hybridized carbons (Fsp3) is 0.455. The maximum atomic E-state index is 13.6. The SMILES string of the molecule is CC1(c2c(F)cccc2Cl)CCNC1. The molecule has 0 aliphatic carbocycles. The topological polar surface area (TPSA) is 12.0 Å². The molecule has 1 heterocycles. The molecule has 1 aromatic rings. The summed E-state index contributed by atoms with van der Waals surface area (Å²) in [5.74, 6) is -0.191. The van der Waals surface area contributed by atoms with Crippen LogP contribution >= 0.6 is 11.6 Å². The highest BCUT2D eigenvalue weighted by molar-refractivity contribution is 6.31. The fourth-order valence-electron chi connectivity index (χ4n) is 2.10. The van der Waals surface area contributed by atoms with E-state index in [-0.39, 0.29) is 11.2 Å². The minimum atomic E-state index is -0.191. The maximum absolute atomic E-state index is 13.6. The van der Waals surface area contributed by atoms with Crippen molar-refractivity contribution in [3.63, 3.8) is 0 Å². The van der Waals surface area contributed by atoms with E-state index in [4.69, 9.17) is 11.6 Å². The number of nitrogens with one attached hydrogen (secondary N) is 1. The molecule has 2 rings (SSSR count). The van der Waals surface area contributed by atoms with Crippen LogP contribution in [0.5, 0.6) is 0 Å². The highest BCUT2D eigenvalue weighted by Gasteiger charge is 2.34. The lowest BCUT2D eigenvalue weighted by molar-refractivity contribution is 0.483. The highest BCUT2D eigenvalue weighted by atomic mass is 35.5. The normalized spacial score (nSPS) is 26.8. The molecule has 14 heavy (non-hydrogen) atoms. The first kappa shape index (κ1) is 9.94. The lowest BCUT2D eigenvalue weighted by Gasteiger charge is -2.24. The summed E-state index contributed by atoms with van der Waals surface area (Å²) < 4.78 is 13.6. The van der Waals surface area contributed by atoms with Crippen LogP contribution in [-0.2, 0) is 5.41 Å². The van der Waals surface area contributed by atoms with Crippen LogP contribution in [0.15, 0.2) is 18.2 Å². The molecule has 1 aliphatic rings. The number of hydrogen-bond donors (Lipinski definition) is 1. The van der Waals surface area contributed by atoms with E-state index in [0.29, 0.717) is 10.6 Å². The van der Waals surface area contributed by atoms with Crippen LogP contribution in [0.3, 0.4) is 0 Å². The Balaban J connectivity index is 2.49. The van der Waals surface area contributed by atoms with Crippen LogP contribution in [0, 0.1) is 5.82 Å². The molecule has 1 aromatic carbocycles. The van der Waals surface area contributed by atoms with Crippen molar-refractivity contribution in [2.75, 3.05) is 13.1 Å². The number of hydrogen-bond acceptors (Lipinski definition) is 1. The molecule has 0 bridgehead atoms. The van der Waals surface area contributed by atoms with E-state index in [9.17, 15) is 4.39 Å². The van der Waals surface area contributed by atoms with Crippen molar-refractivity contribution in [1.29, 1.82) is 0 Å². The van der Waals surface area contributed by atoms with Gasteiger partial charge in [0.15, 0.2) is 0 Å². The Hall–Kier alpha value is -0.600. The molecule has 3 heteroatoms. The van der Waals surface area contributed by atoms with Crippen molar-refractivity contribution in [3.05, 3.63) is 34.6 Å². The molecular formula is C11H13ClFN. The zero-order valence-electron chi connectivity index (χ0n) is 8.11. The lowest BCUT2D eigenvalue weighted by Crippen LogP contribution is -2.26. The largest absolute Gasteiger partial charge is 0.316 e. The van der Waals surface area contributed by atoms with E-state index in [0.717, 1.165) is 19.5 Å². The second kappa shape index (κ2) is 3.52. The molecule has 0 spiro atoms. The van der Waals surface area contributed by atoms with Crippen molar-refractivity contribution in [1.82, 2.24) is 5.32 Å². The molecule has 1 aliphatic heterocycles. The molecule has 76 valence electrons. The predicted molar refractivity (Wildman–Crippen MR) is 56.2 cm³/mol. The Morgan fingerprint density at radius 3 is 2.86 bits per heavy atom. The minimum Gasteiger partial charge on any atom is -0.316 e. The summed E-state index contributed by atoms with van der Waals surface area (Å²) in [5, 5.41) is 3.78. The highest BCUT2D eigenvalue weighted by Crippen LogP contribution is 2.36. The van der Waals surface area contributed by atoms with Gasteiger partial charge < -0.3 is 5.32 Å². The third-order valence-corrected chi connectivity index (χ3v) is 3.25. The monoisotopic (exact) mass is 213 g/mol. The molecule has 1 saturated heterocycles. The van der Waals surface area contributed by atoms with E-state index >= 15 is 0 Å². The van der Waals surface area contributed by atoms with Gasteiger partial charge in [-0.3, -0.25) is 0 Å². The first-order valence-electron chi connectivity index (χ1n) is 4.79. The van der Waals surface area contributed by atoms with Crippen LogP contribution in [0.25, 0.3) is 0 Å². The zero-order chi connectivity index (χ0) is 10.2. The molecular weight excluding hydrogens is 201 g/mol. The Labute approximate surface area is 88.3 Å². The van der Waals surface area contributed by atoms with Gasteiger partial charge in [-0.15, -0.1) is 0 Å². The molecule has 1 nitrogen and oxygen atoms in total. The first-order chi connectivity index (χ1) is 6.63. The van der Waals surface area contributed by atoms with Crippen LogP contribution in [0.4, 0.5) is 4.39 Å². The zero-order valence-corrected chi connectivity index (χ0v) is 8.87. The van der Waals surface area contributed by atoms with Crippen LogP contribution in [0.2, 0.25) is 5.02 Å². The van der Waals surface area contributed by atoms with Crippen LogP contribution in [0.1, 0.15) is 18.9 Å². The number of rotatable bonds is 1. The molecule has 1 fully saturated rings. The van der Waals surface area contributed by atoms with Crippen LogP contribution in [-0.4, -0.2) is 13.1 Å². The quantitative estimate of drug-likeness (QED) is 0.757. The molecule has 1 atom stereocenters. The summed E-state index contributed by atoms with van der Waals surface area (Å²) in [4.78, 5) is 0. The van der Waals surface area contributed by atoms with Gasteiger partial charge in [0.25, 0.3) is 0 Å². The molecule has 1 N–H and O–H groups in total. The Kier molecular flexibility index (Phi) is 2.50. The lowest BCUT2D eigenvalue weighted by atomic mass is 9.81. The van der Waals surface area contributed by atoms with Crippen LogP contribution < -0.4 is 5.32 Å². The van der Waals surface area contributed by atoms with Gasteiger partial charge in [0, 0.05) is 22.5 Å². The first-order valence-corrected chi connectivity index (χ1v) is 5.16. The third kappa shape index (κ3) is 1.53. The van der Waals surface area contributed by atoms with Gasteiger partial charge in [0.05, 0.1) is 0 Å². The summed E-state index contributed by atoms with van der Waals surface area (Å²) in [6.45, 7) is 3.78. The molecule has 0 saturated carbocycles. The van der Waals surface area contributed by atoms with E-state index in [1.165, 1.54) is 6.07 Å². The Morgan fingerprint density at radius 1 is 1.50 bits per heavy atom. The summed E-state index contributed by atoms with van der Waals surface area (Å²) in [5.41, 5.74) is 0.509. The van der Waals surface area contributed by atoms with E-state index in [1.54, 1.807) is 12.1 Å². The van der Waals surface area contributed by atoms with Gasteiger partial charge in [-0.2, -0.15) is 0 Å². The van der Waals surface area contributed by atoms with Gasteiger partial charge in [0.2, 0.25) is 0 Å². The average molecular weight is 214 g/mol. The van der Waals surface area contributed by atoms with Gasteiger partial charge in [-0.05, 0) is 25.1 Å². The van der Waals surface area contributed by atoms with E-state index in [1.807, 2.05) is 0 Å². The van der Waals surface area contributed by atoms with Crippen molar-refractivity contribution in [2.45, 2.75) is 18.8 Å². The molecule has 0 aromatic heterocycles. The predicted octanol–water partition coefficient (Wildman–Crippen LogP) is 2.73. The van der Waals surface area contributed by atoms with Crippen molar-refractivity contribution < 1.29 is 4.39 Å². The second-order valence-corrected chi connectivity index (χ2v) is 4.49. The second-order valence-electron chi connectivity index (χ2n) is 4.08. The fourth-order valence-corrected chi connectivity index (χ4v) is 2.50. The number of benzene rings is 1. The summed E-state index contributed by atoms with van der Waals surface area (Å²) in [6.07, 6.45) is 0.938. The maximum Gasteiger partial charge on any atom is 0.128 e.